The minimum absolute atomic E-state index is 0.00972. The van der Waals surface area contributed by atoms with Gasteiger partial charge in [-0.15, -0.1) is 0 Å². The van der Waals surface area contributed by atoms with E-state index in [0.29, 0.717) is 6.42 Å². The van der Waals surface area contributed by atoms with Gasteiger partial charge in [0.25, 0.3) is 0 Å². The van der Waals surface area contributed by atoms with Crippen molar-refractivity contribution in [3.8, 4) is 0 Å². The number of nitrogens with two attached hydrogens (primary N) is 1. The first-order valence-corrected chi connectivity index (χ1v) is 5.98. The summed E-state index contributed by atoms with van der Waals surface area (Å²) in [6.07, 6.45) is 4.35. The number of piperidine rings is 1. The van der Waals surface area contributed by atoms with Crippen molar-refractivity contribution in [2.75, 3.05) is 6.54 Å². The van der Waals surface area contributed by atoms with E-state index in [-0.39, 0.29) is 17.7 Å². The molecule has 0 aromatic rings. The summed E-state index contributed by atoms with van der Waals surface area (Å²) in [5.74, 6) is 4.13. The highest BCUT2D eigenvalue weighted by Crippen LogP contribution is 2.16. The Balaban J connectivity index is 2.61. The molecule has 1 aliphatic rings. The minimum Gasteiger partial charge on any atom is -0.307 e. The lowest BCUT2D eigenvalue weighted by Gasteiger charge is -2.25. The maximum Gasteiger partial charge on any atom is 0.244 e. The Bertz CT molecular complexity index is 250. The van der Waals surface area contributed by atoms with Gasteiger partial charge in [0.2, 0.25) is 5.91 Å². The van der Waals surface area contributed by atoms with Gasteiger partial charge in [-0.2, -0.15) is 0 Å². The molecule has 5 nitrogen and oxygen atoms in total. The van der Waals surface area contributed by atoms with E-state index < -0.39 is 5.92 Å². The van der Waals surface area contributed by atoms with Crippen molar-refractivity contribution >= 4 is 11.7 Å². The molecule has 0 aliphatic carbocycles. The molecule has 0 bridgehead atoms. The summed E-state index contributed by atoms with van der Waals surface area (Å²) in [7, 11) is 0. The van der Waals surface area contributed by atoms with E-state index >= 15 is 0 Å². The Hall–Kier alpha value is -0.940. The second kappa shape index (κ2) is 6.60. The highest BCUT2D eigenvalue weighted by molar-refractivity contribution is 6.03. The standard InChI is InChI=1S/C11H21N3O2/c1-2-5-8(11(16)14-12)10(15)9-6-3-4-7-13-9/h8-9,13H,2-7,12H2,1H3,(H,14,16)/t8?,9-/m0/s1. The van der Waals surface area contributed by atoms with Gasteiger partial charge >= 0.3 is 0 Å². The predicted octanol–water partition coefficient (Wildman–Crippen LogP) is 0.104. The highest BCUT2D eigenvalue weighted by atomic mass is 16.2. The summed E-state index contributed by atoms with van der Waals surface area (Å²) in [6, 6.07) is -0.164. The third kappa shape index (κ3) is 3.28. The summed E-state index contributed by atoms with van der Waals surface area (Å²) >= 11 is 0. The Labute approximate surface area is 96.1 Å². The maximum absolute atomic E-state index is 12.1. The lowest BCUT2D eigenvalue weighted by Crippen LogP contribution is -2.48. The van der Waals surface area contributed by atoms with Crippen molar-refractivity contribution in [2.24, 2.45) is 11.8 Å². The Kier molecular flexibility index (Phi) is 5.42. The van der Waals surface area contributed by atoms with Crippen LogP contribution in [0.25, 0.3) is 0 Å². The van der Waals surface area contributed by atoms with Crippen LogP contribution in [0.5, 0.6) is 0 Å². The van der Waals surface area contributed by atoms with Crippen molar-refractivity contribution in [1.82, 2.24) is 10.7 Å². The first kappa shape index (κ1) is 13.1. The second-order valence-corrected chi connectivity index (χ2v) is 4.25. The van der Waals surface area contributed by atoms with Crippen LogP contribution in [0.4, 0.5) is 0 Å². The van der Waals surface area contributed by atoms with Gasteiger partial charge in [-0.3, -0.25) is 15.0 Å². The Morgan fingerprint density at radius 1 is 1.50 bits per heavy atom. The summed E-state index contributed by atoms with van der Waals surface area (Å²) < 4.78 is 0. The molecule has 92 valence electrons. The molecule has 1 rings (SSSR count). The fourth-order valence-electron chi connectivity index (χ4n) is 2.13. The molecule has 1 fully saturated rings. The average molecular weight is 227 g/mol. The van der Waals surface area contributed by atoms with Crippen molar-refractivity contribution in [1.29, 1.82) is 0 Å². The molecule has 1 aliphatic heterocycles. The summed E-state index contributed by atoms with van der Waals surface area (Å²) in [5, 5.41) is 3.17. The average Bonchev–Trinajstić information content (AvgIpc) is 2.35. The van der Waals surface area contributed by atoms with Crippen LogP contribution in [-0.4, -0.2) is 24.3 Å². The molecular formula is C11H21N3O2. The third-order valence-corrected chi connectivity index (χ3v) is 3.03. The zero-order chi connectivity index (χ0) is 12.0. The van der Waals surface area contributed by atoms with Gasteiger partial charge in [-0.05, 0) is 25.8 Å². The zero-order valence-electron chi connectivity index (χ0n) is 9.79. The van der Waals surface area contributed by atoms with Crippen LogP contribution in [-0.2, 0) is 9.59 Å². The highest BCUT2D eigenvalue weighted by Gasteiger charge is 2.31. The fraction of sp³-hybridized carbons (Fsp3) is 0.818. The van der Waals surface area contributed by atoms with E-state index in [9.17, 15) is 9.59 Å². The van der Waals surface area contributed by atoms with E-state index in [0.717, 1.165) is 32.2 Å². The van der Waals surface area contributed by atoms with Crippen molar-refractivity contribution < 1.29 is 9.59 Å². The number of carbonyl (C=O) groups is 2. The smallest absolute Gasteiger partial charge is 0.244 e. The summed E-state index contributed by atoms with van der Waals surface area (Å²) in [5.41, 5.74) is 2.08. The molecule has 4 N–H and O–H groups in total. The van der Waals surface area contributed by atoms with Crippen molar-refractivity contribution in [2.45, 2.75) is 45.1 Å². The van der Waals surface area contributed by atoms with E-state index in [4.69, 9.17) is 5.84 Å². The molecular weight excluding hydrogens is 206 g/mol. The molecule has 0 aromatic carbocycles. The van der Waals surface area contributed by atoms with Gasteiger partial charge in [0.15, 0.2) is 5.78 Å². The van der Waals surface area contributed by atoms with E-state index in [1.807, 2.05) is 6.92 Å². The largest absolute Gasteiger partial charge is 0.307 e. The van der Waals surface area contributed by atoms with Crippen LogP contribution in [0.1, 0.15) is 39.0 Å². The molecule has 1 unspecified atom stereocenters. The zero-order valence-corrected chi connectivity index (χ0v) is 9.79. The third-order valence-electron chi connectivity index (χ3n) is 3.03. The van der Waals surface area contributed by atoms with Gasteiger partial charge < -0.3 is 5.32 Å². The van der Waals surface area contributed by atoms with E-state index in [1.165, 1.54) is 0 Å². The Morgan fingerprint density at radius 2 is 2.25 bits per heavy atom. The molecule has 2 atom stereocenters. The maximum atomic E-state index is 12.1. The predicted molar refractivity (Wildman–Crippen MR) is 61.4 cm³/mol. The molecule has 0 spiro atoms. The molecule has 16 heavy (non-hydrogen) atoms. The van der Waals surface area contributed by atoms with Crippen molar-refractivity contribution in [3.05, 3.63) is 0 Å². The van der Waals surface area contributed by atoms with Gasteiger partial charge in [-0.25, -0.2) is 5.84 Å². The van der Waals surface area contributed by atoms with Gasteiger partial charge in [-0.1, -0.05) is 19.8 Å². The van der Waals surface area contributed by atoms with Gasteiger partial charge in [0.1, 0.15) is 0 Å². The molecule has 1 saturated heterocycles. The number of Topliss-reactive ketones (excluding diaryl/α,β-unsaturated/α-hetero) is 1. The number of rotatable bonds is 5. The molecule has 1 amide bonds. The number of ketones is 1. The molecule has 0 saturated carbocycles. The molecule has 1 heterocycles. The molecule has 0 radical (unpaired) electrons. The van der Waals surface area contributed by atoms with Crippen LogP contribution < -0.4 is 16.6 Å². The van der Waals surface area contributed by atoms with E-state index in [1.54, 1.807) is 0 Å². The normalized spacial score (nSPS) is 22.5. The van der Waals surface area contributed by atoms with Gasteiger partial charge in [0, 0.05) is 0 Å². The minimum atomic E-state index is -0.592. The number of hydrazine groups is 1. The molecule has 5 heteroatoms. The van der Waals surface area contributed by atoms with Crippen LogP contribution >= 0.6 is 0 Å². The Morgan fingerprint density at radius 3 is 2.75 bits per heavy atom. The first-order valence-electron chi connectivity index (χ1n) is 5.98. The number of amides is 1. The van der Waals surface area contributed by atoms with Crippen LogP contribution in [0.3, 0.4) is 0 Å². The monoisotopic (exact) mass is 227 g/mol. The second-order valence-electron chi connectivity index (χ2n) is 4.25. The summed E-state index contributed by atoms with van der Waals surface area (Å²) in [4.78, 5) is 23.6. The van der Waals surface area contributed by atoms with Crippen LogP contribution in [0.15, 0.2) is 0 Å². The number of hydrogen-bond donors (Lipinski definition) is 3. The molecule has 0 aromatic heterocycles. The van der Waals surface area contributed by atoms with Crippen LogP contribution in [0, 0.1) is 5.92 Å². The van der Waals surface area contributed by atoms with Crippen molar-refractivity contribution in [3.63, 3.8) is 0 Å². The fourth-order valence-corrected chi connectivity index (χ4v) is 2.13. The topological polar surface area (TPSA) is 84.2 Å². The SMILES string of the molecule is CCCC(C(=O)NN)C(=O)[C@@H]1CCCCN1. The van der Waals surface area contributed by atoms with Gasteiger partial charge in [0.05, 0.1) is 12.0 Å². The number of hydrogen-bond acceptors (Lipinski definition) is 4. The number of carbonyl (C=O) groups excluding carboxylic acids is 2. The lowest BCUT2D eigenvalue weighted by atomic mass is 9.89. The van der Waals surface area contributed by atoms with E-state index in [2.05, 4.69) is 10.7 Å². The summed E-state index contributed by atoms with van der Waals surface area (Å²) in [6.45, 7) is 2.82. The first-order chi connectivity index (χ1) is 7.70. The number of nitrogens with one attached hydrogen (secondary N) is 2. The van der Waals surface area contributed by atoms with Crippen LogP contribution in [0.2, 0.25) is 0 Å². The quantitative estimate of drug-likeness (QED) is 0.269. The lowest BCUT2D eigenvalue weighted by molar-refractivity contribution is -0.135.